The van der Waals surface area contributed by atoms with Gasteiger partial charge in [0.1, 0.15) is 11.4 Å². The van der Waals surface area contributed by atoms with Crippen LogP contribution in [0.1, 0.15) is 5.56 Å². The van der Waals surface area contributed by atoms with Crippen LogP contribution in [0.2, 0.25) is 5.15 Å². The van der Waals surface area contributed by atoms with Crippen LogP contribution in [0, 0.1) is 0 Å². The van der Waals surface area contributed by atoms with Gasteiger partial charge in [-0.05, 0) is 17.5 Å². The first-order chi connectivity index (χ1) is 7.33. The summed E-state index contributed by atoms with van der Waals surface area (Å²) in [6, 6.07) is 7.69. The van der Waals surface area contributed by atoms with Gasteiger partial charge in [-0.25, -0.2) is 4.98 Å². The summed E-state index contributed by atoms with van der Waals surface area (Å²) >= 11 is 5.96. The van der Waals surface area contributed by atoms with Crippen molar-refractivity contribution in [3.63, 3.8) is 0 Å². The van der Waals surface area contributed by atoms with Gasteiger partial charge in [0.15, 0.2) is 0 Å². The Bertz CT molecular complexity index is 534. The second kappa shape index (κ2) is 4.24. The van der Waals surface area contributed by atoms with E-state index in [0.717, 1.165) is 22.6 Å². The second-order valence-corrected chi connectivity index (χ2v) is 3.40. The minimum atomic E-state index is 0.480. The van der Waals surface area contributed by atoms with Gasteiger partial charge in [-0.1, -0.05) is 35.9 Å². The summed E-state index contributed by atoms with van der Waals surface area (Å²) in [5, 5.41) is 2.37. The molecule has 1 heterocycles. The average Bonchev–Trinajstić information content (AvgIpc) is 2.29. The highest BCUT2D eigenvalue weighted by atomic mass is 35.5. The molecule has 0 aliphatic heterocycles. The van der Waals surface area contributed by atoms with Gasteiger partial charge in [0.2, 0.25) is 0 Å². The van der Waals surface area contributed by atoms with Crippen LogP contribution in [0.15, 0.2) is 36.5 Å². The zero-order valence-corrected chi connectivity index (χ0v) is 8.61. The molecule has 0 saturated carbocycles. The predicted molar refractivity (Wildman–Crippen MR) is 61.9 cm³/mol. The lowest BCUT2D eigenvalue weighted by atomic mass is 10.1. The van der Waals surface area contributed by atoms with Crippen molar-refractivity contribution >= 4 is 34.7 Å². The van der Waals surface area contributed by atoms with E-state index in [0.29, 0.717) is 5.15 Å². The number of rotatable bonds is 2. The minimum absolute atomic E-state index is 0.480. The van der Waals surface area contributed by atoms with E-state index in [-0.39, 0.29) is 0 Å². The van der Waals surface area contributed by atoms with Crippen molar-refractivity contribution in [2.24, 2.45) is 0 Å². The Hall–Kier alpha value is -1.67. The summed E-state index contributed by atoms with van der Waals surface area (Å²) in [6.07, 6.45) is 5.56. The lowest BCUT2D eigenvalue weighted by Gasteiger charge is -2.02. The molecule has 15 heavy (non-hydrogen) atoms. The standard InChI is InChI=1S/C12H8ClNO/c13-12-11-6-2-1-5-10(11)9(8-14-12)4-3-7-15/h1-8H. The van der Waals surface area contributed by atoms with E-state index >= 15 is 0 Å². The van der Waals surface area contributed by atoms with E-state index in [2.05, 4.69) is 4.98 Å². The molecule has 0 aliphatic rings. The van der Waals surface area contributed by atoms with Crippen molar-refractivity contribution in [1.29, 1.82) is 0 Å². The smallest absolute Gasteiger partial charge is 0.142 e. The predicted octanol–water partition coefficient (Wildman–Crippen LogP) is 3.10. The van der Waals surface area contributed by atoms with Crippen LogP contribution in [-0.2, 0) is 4.79 Å². The fourth-order valence-corrected chi connectivity index (χ4v) is 1.67. The van der Waals surface area contributed by atoms with Crippen LogP contribution in [-0.4, -0.2) is 11.3 Å². The molecule has 0 amide bonds. The molecule has 0 atom stereocenters. The third-order valence-corrected chi connectivity index (χ3v) is 2.43. The van der Waals surface area contributed by atoms with E-state index < -0.39 is 0 Å². The summed E-state index contributed by atoms with van der Waals surface area (Å²) in [7, 11) is 0. The number of aromatic nitrogens is 1. The maximum atomic E-state index is 10.2. The summed E-state index contributed by atoms with van der Waals surface area (Å²) in [5.74, 6) is 0. The van der Waals surface area contributed by atoms with Crippen LogP contribution in [0.5, 0.6) is 0 Å². The Morgan fingerprint density at radius 3 is 2.67 bits per heavy atom. The molecule has 0 aliphatic carbocycles. The van der Waals surface area contributed by atoms with E-state index in [4.69, 9.17) is 11.6 Å². The highest BCUT2D eigenvalue weighted by Gasteiger charge is 2.02. The quantitative estimate of drug-likeness (QED) is 0.440. The number of hydrogen-bond donors (Lipinski definition) is 0. The Kier molecular flexibility index (Phi) is 2.79. The Morgan fingerprint density at radius 1 is 1.20 bits per heavy atom. The van der Waals surface area contributed by atoms with Crippen molar-refractivity contribution in [3.8, 4) is 0 Å². The first-order valence-corrected chi connectivity index (χ1v) is 4.86. The number of fused-ring (bicyclic) bond motifs is 1. The lowest BCUT2D eigenvalue weighted by Crippen LogP contribution is -1.83. The molecule has 2 nitrogen and oxygen atoms in total. The average molecular weight is 218 g/mol. The van der Waals surface area contributed by atoms with Crippen molar-refractivity contribution < 1.29 is 4.79 Å². The van der Waals surface area contributed by atoms with Crippen LogP contribution < -0.4 is 0 Å². The third kappa shape index (κ3) is 1.90. The fraction of sp³-hybridized carbons (Fsp3) is 0. The van der Waals surface area contributed by atoms with Crippen LogP contribution in [0.3, 0.4) is 0 Å². The number of allylic oxidation sites excluding steroid dienone is 1. The molecule has 0 saturated heterocycles. The zero-order valence-electron chi connectivity index (χ0n) is 7.85. The Balaban J connectivity index is 2.71. The Labute approximate surface area is 92.2 Å². The number of hydrogen-bond acceptors (Lipinski definition) is 2. The minimum Gasteiger partial charge on any atom is -0.299 e. The zero-order chi connectivity index (χ0) is 10.7. The van der Waals surface area contributed by atoms with E-state index in [1.165, 1.54) is 6.08 Å². The highest BCUT2D eigenvalue weighted by Crippen LogP contribution is 2.24. The van der Waals surface area contributed by atoms with Gasteiger partial charge in [-0.15, -0.1) is 0 Å². The number of carbonyl (C=O) groups excluding carboxylic acids is 1. The maximum absolute atomic E-state index is 10.2. The SMILES string of the molecule is O=CC=Cc1cnc(Cl)c2ccccc12. The van der Waals surface area contributed by atoms with Crippen molar-refractivity contribution in [2.75, 3.05) is 0 Å². The van der Waals surface area contributed by atoms with Gasteiger partial charge in [0, 0.05) is 17.1 Å². The number of pyridine rings is 1. The summed E-state index contributed by atoms with van der Waals surface area (Å²) < 4.78 is 0. The normalized spacial score (nSPS) is 11.0. The van der Waals surface area contributed by atoms with E-state index in [1.54, 1.807) is 12.3 Å². The van der Waals surface area contributed by atoms with Crippen molar-refractivity contribution in [3.05, 3.63) is 47.3 Å². The summed E-state index contributed by atoms with van der Waals surface area (Å²) in [6.45, 7) is 0. The van der Waals surface area contributed by atoms with E-state index in [9.17, 15) is 4.79 Å². The van der Waals surface area contributed by atoms with Crippen LogP contribution in [0.25, 0.3) is 16.8 Å². The molecule has 3 heteroatoms. The molecule has 0 unspecified atom stereocenters. The molecule has 2 rings (SSSR count). The van der Waals surface area contributed by atoms with Gasteiger partial charge in [0.25, 0.3) is 0 Å². The molecular weight excluding hydrogens is 210 g/mol. The van der Waals surface area contributed by atoms with Gasteiger partial charge >= 0.3 is 0 Å². The molecule has 2 aromatic rings. The molecule has 0 fully saturated rings. The van der Waals surface area contributed by atoms with Gasteiger partial charge < -0.3 is 0 Å². The highest BCUT2D eigenvalue weighted by molar-refractivity contribution is 6.34. The van der Waals surface area contributed by atoms with Gasteiger partial charge in [-0.3, -0.25) is 4.79 Å². The van der Waals surface area contributed by atoms with Crippen LogP contribution >= 0.6 is 11.6 Å². The number of benzene rings is 1. The first kappa shape index (κ1) is 9.87. The van der Waals surface area contributed by atoms with Gasteiger partial charge in [-0.2, -0.15) is 0 Å². The largest absolute Gasteiger partial charge is 0.299 e. The molecule has 0 N–H and O–H groups in total. The second-order valence-electron chi connectivity index (χ2n) is 3.05. The first-order valence-electron chi connectivity index (χ1n) is 4.48. The summed E-state index contributed by atoms with van der Waals surface area (Å²) in [5.41, 5.74) is 0.891. The third-order valence-electron chi connectivity index (χ3n) is 2.13. The molecule has 74 valence electrons. The molecule has 0 radical (unpaired) electrons. The lowest BCUT2D eigenvalue weighted by molar-refractivity contribution is -0.104. The monoisotopic (exact) mass is 217 g/mol. The molecule has 0 spiro atoms. The molecule has 1 aromatic heterocycles. The molecular formula is C12H8ClNO. The molecule has 1 aromatic carbocycles. The van der Waals surface area contributed by atoms with Gasteiger partial charge in [0.05, 0.1) is 0 Å². The topological polar surface area (TPSA) is 30.0 Å². The Morgan fingerprint density at radius 2 is 1.93 bits per heavy atom. The maximum Gasteiger partial charge on any atom is 0.142 e. The number of halogens is 1. The fourth-order valence-electron chi connectivity index (χ4n) is 1.46. The number of carbonyl (C=O) groups is 1. The summed E-state index contributed by atoms with van der Waals surface area (Å²) in [4.78, 5) is 14.3. The van der Waals surface area contributed by atoms with Crippen LogP contribution in [0.4, 0.5) is 0 Å². The number of nitrogens with zero attached hydrogens (tertiary/aromatic N) is 1. The van der Waals surface area contributed by atoms with E-state index in [1.807, 2.05) is 24.3 Å². The van der Waals surface area contributed by atoms with Crippen molar-refractivity contribution in [2.45, 2.75) is 0 Å². The van der Waals surface area contributed by atoms with Crippen molar-refractivity contribution in [1.82, 2.24) is 4.98 Å². The number of aldehydes is 1. The molecule has 0 bridgehead atoms.